The summed E-state index contributed by atoms with van der Waals surface area (Å²) in [6.45, 7) is 1.55. The van der Waals surface area contributed by atoms with Crippen molar-refractivity contribution in [1.29, 1.82) is 0 Å². The third kappa shape index (κ3) is 3.78. The molecule has 2 aromatic carbocycles. The molecule has 0 aliphatic heterocycles. The van der Waals surface area contributed by atoms with Crippen LogP contribution in [0.25, 0.3) is 0 Å². The quantitative estimate of drug-likeness (QED) is 0.930. The molecule has 0 unspecified atom stereocenters. The Kier molecular flexibility index (Phi) is 4.30. The van der Waals surface area contributed by atoms with Crippen molar-refractivity contribution in [1.82, 2.24) is 0 Å². The maximum absolute atomic E-state index is 13.0. The lowest BCUT2D eigenvalue weighted by Crippen LogP contribution is -2.30. The monoisotopic (exact) mass is 277 g/mol. The molecule has 2 rings (SSSR count). The average molecular weight is 277 g/mol. The molecule has 5 heteroatoms. The van der Waals surface area contributed by atoms with Gasteiger partial charge in [0.25, 0.3) is 5.91 Å². The SMILES string of the molecule is C[C@H](Oc1cccc(F)c1)C(=O)Nc1ccc(F)cc1. The average Bonchev–Trinajstić information content (AvgIpc) is 2.41. The molecule has 0 saturated carbocycles. The molecule has 20 heavy (non-hydrogen) atoms. The number of carbonyl (C=O) groups excluding carboxylic acids is 1. The Bertz CT molecular complexity index is 599. The molecule has 2 aromatic rings. The summed E-state index contributed by atoms with van der Waals surface area (Å²) in [5.74, 6) is -0.951. The third-order valence-corrected chi connectivity index (χ3v) is 2.59. The van der Waals surface area contributed by atoms with E-state index in [9.17, 15) is 13.6 Å². The van der Waals surface area contributed by atoms with Gasteiger partial charge in [-0.1, -0.05) is 6.07 Å². The van der Waals surface area contributed by atoms with Gasteiger partial charge in [-0.2, -0.15) is 0 Å². The largest absolute Gasteiger partial charge is 0.481 e. The summed E-state index contributed by atoms with van der Waals surface area (Å²) in [4.78, 5) is 11.9. The second-order valence-corrected chi connectivity index (χ2v) is 4.21. The molecule has 1 amide bonds. The molecule has 1 atom stereocenters. The van der Waals surface area contributed by atoms with Gasteiger partial charge in [0.05, 0.1) is 0 Å². The molecule has 0 aromatic heterocycles. The fraction of sp³-hybridized carbons (Fsp3) is 0.133. The molecule has 0 fully saturated rings. The van der Waals surface area contributed by atoms with E-state index in [2.05, 4.69) is 5.32 Å². The smallest absolute Gasteiger partial charge is 0.265 e. The lowest BCUT2D eigenvalue weighted by Gasteiger charge is -2.14. The van der Waals surface area contributed by atoms with Crippen LogP contribution in [-0.2, 0) is 4.79 Å². The van der Waals surface area contributed by atoms with Crippen molar-refractivity contribution >= 4 is 11.6 Å². The summed E-state index contributed by atoms with van der Waals surface area (Å²) < 4.78 is 31.0. The predicted octanol–water partition coefficient (Wildman–Crippen LogP) is 3.37. The molecule has 0 aliphatic carbocycles. The molecular formula is C15H13F2NO2. The Morgan fingerprint density at radius 2 is 1.80 bits per heavy atom. The van der Waals surface area contributed by atoms with E-state index in [4.69, 9.17) is 4.74 Å². The second-order valence-electron chi connectivity index (χ2n) is 4.21. The maximum atomic E-state index is 13.0. The van der Waals surface area contributed by atoms with Gasteiger partial charge in [0.2, 0.25) is 0 Å². The van der Waals surface area contributed by atoms with Crippen LogP contribution in [0, 0.1) is 11.6 Å². The fourth-order valence-corrected chi connectivity index (χ4v) is 1.58. The number of amides is 1. The van der Waals surface area contributed by atoms with Gasteiger partial charge < -0.3 is 10.1 Å². The lowest BCUT2D eigenvalue weighted by molar-refractivity contribution is -0.122. The first-order chi connectivity index (χ1) is 9.54. The van der Waals surface area contributed by atoms with Crippen LogP contribution < -0.4 is 10.1 Å². The van der Waals surface area contributed by atoms with E-state index in [1.54, 1.807) is 13.0 Å². The van der Waals surface area contributed by atoms with Crippen molar-refractivity contribution in [2.24, 2.45) is 0 Å². The number of rotatable bonds is 4. The maximum Gasteiger partial charge on any atom is 0.265 e. The number of nitrogens with one attached hydrogen (secondary N) is 1. The number of hydrogen-bond acceptors (Lipinski definition) is 2. The van der Waals surface area contributed by atoms with Crippen LogP contribution in [-0.4, -0.2) is 12.0 Å². The van der Waals surface area contributed by atoms with Crippen LogP contribution in [0.2, 0.25) is 0 Å². The van der Waals surface area contributed by atoms with E-state index in [0.29, 0.717) is 5.69 Å². The highest BCUT2D eigenvalue weighted by atomic mass is 19.1. The third-order valence-electron chi connectivity index (χ3n) is 2.59. The van der Waals surface area contributed by atoms with Crippen molar-refractivity contribution in [2.45, 2.75) is 13.0 Å². The van der Waals surface area contributed by atoms with E-state index >= 15 is 0 Å². The molecule has 0 aliphatic rings. The van der Waals surface area contributed by atoms with Crippen LogP contribution in [0.4, 0.5) is 14.5 Å². The zero-order chi connectivity index (χ0) is 14.5. The fourth-order valence-electron chi connectivity index (χ4n) is 1.58. The first kappa shape index (κ1) is 14.0. The number of benzene rings is 2. The highest BCUT2D eigenvalue weighted by Crippen LogP contribution is 2.15. The van der Waals surface area contributed by atoms with Crippen molar-refractivity contribution in [2.75, 3.05) is 5.32 Å². The topological polar surface area (TPSA) is 38.3 Å². The van der Waals surface area contributed by atoms with Crippen LogP contribution in [0.3, 0.4) is 0 Å². The highest BCUT2D eigenvalue weighted by Gasteiger charge is 2.15. The number of ether oxygens (including phenoxy) is 1. The van der Waals surface area contributed by atoms with E-state index in [1.807, 2.05) is 0 Å². The molecule has 0 saturated heterocycles. The molecule has 1 N–H and O–H groups in total. The summed E-state index contributed by atoms with van der Waals surface area (Å²) in [6.07, 6.45) is -0.804. The Labute approximate surface area is 115 Å². The van der Waals surface area contributed by atoms with Gasteiger partial charge in [-0.15, -0.1) is 0 Å². The first-order valence-electron chi connectivity index (χ1n) is 6.03. The summed E-state index contributed by atoms with van der Waals surface area (Å²) in [6, 6.07) is 10.9. The lowest BCUT2D eigenvalue weighted by atomic mass is 10.3. The minimum Gasteiger partial charge on any atom is -0.481 e. The molecule has 104 valence electrons. The zero-order valence-corrected chi connectivity index (χ0v) is 10.8. The Morgan fingerprint density at radius 1 is 1.10 bits per heavy atom. The molecule has 0 heterocycles. The van der Waals surface area contributed by atoms with E-state index in [0.717, 1.165) is 0 Å². The van der Waals surface area contributed by atoms with Gasteiger partial charge in [0.1, 0.15) is 17.4 Å². The first-order valence-corrected chi connectivity index (χ1v) is 6.03. The van der Waals surface area contributed by atoms with Gasteiger partial charge in [0, 0.05) is 11.8 Å². The Balaban J connectivity index is 1.96. The Hall–Kier alpha value is -2.43. The molecule has 3 nitrogen and oxygen atoms in total. The second kappa shape index (κ2) is 6.14. The van der Waals surface area contributed by atoms with Gasteiger partial charge in [-0.05, 0) is 43.3 Å². The van der Waals surface area contributed by atoms with Gasteiger partial charge in [0.15, 0.2) is 6.10 Å². The Morgan fingerprint density at radius 3 is 2.45 bits per heavy atom. The minimum atomic E-state index is -0.804. The normalized spacial score (nSPS) is 11.8. The van der Waals surface area contributed by atoms with Gasteiger partial charge >= 0.3 is 0 Å². The number of halogens is 2. The summed E-state index contributed by atoms with van der Waals surface area (Å²) in [7, 11) is 0. The highest BCUT2D eigenvalue weighted by molar-refractivity contribution is 5.94. The van der Waals surface area contributed by atoms with Crippen LogP contribution in [0.1, 0.15) is 6.92 Å². The summed E-state index contributed by atoms with van der Waals surface area (Å²) >= 11 is 0. The predicted molar refractivity (Wildman–Crippen MR) is 71.5 cm³/mol. The van der Waals surface area contributed by atoms with E-state index in [1.165, 1.54) is 42.5 Å². The minimum absolute atomic E-state index is 0.270. The number of anilines is 1. The van der Waals surface area contributed by atoms with Crippen molar-refractivity contribution in [3.8, 4) is 5.75 Å². The van der Waals surface area contributed by atoms with Crippen molar-refractivity contribution < 1.29 is 18.3 Å². The molecule has 0 bridgehead atoms. The molecule has 0 spiro atoms. The number of hydrogen-bond donors (Lipinski definition) is 1. The van der Waals surface area contributed by atoms with Crippen molar-refractivity contribution in [3.05, 3.63) is 60.2 Å². The van der Waals surface area contributed by atoms with Crippen molar-refractivity contribution in [3.63, 3.8) is 0 Å². The van der Waals surface area contributed by atoms with Crippen LogP contribution in [0.5, 0.6) is 5.75 Å². The van der Waals surface area contributed by atoms with E-state index < -0.39 is 17.8 Å². The summed E-state index contributed by atoms with van der Waals surface area (Å²) in [5, 5.41) is 2.58. The molecular weight excluding hydrogens is 264 g/mol. The van der Waals surface area contributed by atoms with Gasteiger partial charge in [-0.3, -0.25) is 4.79 Å². The number of carbonyl (C=O) groups is 1. The van der Waals surface area contributed by atoms with E-state index in [-0.39, 0.29) is 11.6 Å². The van der Waals surface area contributed by atoms with Crippen LogP contribution in [0.15, 0.2) is 48.5 Å². The summed E-state index contributed by atoms with van der Waals surface area (Å²) in [5.41, 5.74) is 0.464. The standard InChI is InChI=1S/C15H13F2NO2/c1-10(20-14-4-2-3-12(17)9-14)15(19)18-13-7-5-11(16)6-8-13/h2-10H,1H3,(H,18,19)/t10-/m0/s1. The van der Waals surface area contributed by atoms with Crippen LogP contribution >= 0.6 is 0 Å². The van der Waals surface area contributed by atoms with Gasteiger partial charge in [-0.25, -0.2) is 8.78 Å². The molecule has 0 radical (unpaired) electrons. The zero-order valence-electron chi connectivity index (χ0n) is 10.8.